The fourth-order valence-electron chi connectivity index (χ4n) is 2.39. The number of hydrogen-bond acceptors (Lipinski definition) is 4. The second kappa shape index (κ2) is 6.76. The Morgan fingerprint density at radius 3 is 2.54 bits per heavy atom. The number of nitrogens with zero attached hydrogens (tertiary/aromatic N) is 1. The van der Waals surface area contributed by atoms with Gasteiger partial charge in [-0.3, -0.25) is 4.72 Å². The zero-order valence-corrected chi connectivity index (χ0v) is 13.9. The Balaban J connectivity index is 1.87. The Morgan fingerprint density at radius 2 is 1.79 bits per heavy atom. The first-order valence-electron chi connectivity index (χ1n) is 7.33. The third-order valence-corrected chi connectivity index (χ3v) is 4.35. The van der Waals surface area contributed by atoms with Gasteiger partial charge in [0.1, 0.15) is 11.6 Å². The Bertz CT molecular complexity index is 890. The van der Waals surface area contributed by atoms with E-state index in [1.807, 2.05) is 42.5 Å². The smallest absolute Gasteiger partial charge is 0.343 e. The summed E-state index contributed by atoms with van der Waals surface area (Å²) in [6.07, 6.45) is 2.15. The number of amidine groups is 1. The molecule has 0 amide bonds. The van der Waals surface area contributed by atoms with E-state index in [9.17, 15) is 8.42 Å². The van der Waals surface area contributed by atoms with Crippen LogP contribution in [0.5, 0.6) is 5.75 Å². The second-order valence-electron chi connectivity index (χ2n) is 5.21. The minimum atomic E-state index is -3.77. The zero-order chi connectivity index (χ0) is 17.0. The van der Waals surface area contributed by atoms with Gasteiger partial charge in [-0.2, -0.15) is 8.42 Å². The van der Waals surface area contributed by atoms with Crippen molar-refractivity contribution in [2.45, 2.75) is 6.42 Å². The van der Waals surface area contributed by atoms with Gasteiger partial charge in [-0.05, 0) is 17.7 Å². The highest BCUT2D eigenvalue weighted by Crippen LogP contribution is 2.24. The van der Waals surface area contributed by atoms with Gasteiger partial charge in [0, 0.05) is 18.2 Å². The maximum Gasteiger partial charge on any atom is 0.343 e. The van der Waals surface area contributed by atoms with Crippen LogP contribution in [0.3, 0.4) is 0 Å². The molecular formula is C17H17N3O3S. The molecular weight excluding hydrogens is 326 g/mol. The normalized spacial score (nSPS) is 15.7. The summed E-state index contributed by atoms with van der Waals surface area (Å²) in [4.78, 5) is 0. The molecule has 0 saturated carbocycles. The van der Waals surface area contributed by atoms with Crippen molar-refractivity contribution in [2.24, 2.45) is 4.40 Å². The molecule has 0 radical (unpaired) electrons. The van der Waals surface area contributed by atoms with E-state index < -0.39 is 10.2 Å². The average Bonchev–Trinajstić information content (AvgIpc) is 2.55. The van der Waals surface area contributed by atoms with Crippen molar-refractivity contribution in [2.75, 3.05) is 12.4 Å². The van der Waals surface area contributed by atoms with Crippen LogP contribution < -0.4 is 14.8 Å². The molecule has 0 aromatic heterocycles. The molecule has 0 fully saturated rings. The van der Waals surface area contributed by atoms with Crippen molar-refractivity contribution in [3.63, 3.8) is 0 Å². The molecule has 7 heteroatoms. The lowest BCUT2D eigenvalue weighted by Crippen LogP contribution is -2.30. The van der Waals surface area contributed by atoms with Crippen LogP contribution in [-0.2, 0) is 16.6 Å². The summed E-state index contributed by atoms with van der Waals surface area (Å²) < 4.78 is 35.4. The quantitative estimate of drug-likeness (QED) is 0.894. The largest absolute Gasteiger partial charge is 0.495 e. The van der Waals surface area contributed by atoms with Crippen LogP contribution in [0.25, 0.3) is 0 Å². The van der Waals surface area contributed by atoms with Gasteiger partial charge < -0.3 is 10.1 Å². The third-order valence-electron chi connectivity index (χ3n) is 3.40. The SMILES string of the molecule is COc1ccccc1NC1=NS(=O)(=O)NC(Cc2ccccc2)=C1. The molecule has 3 rings (SSSR count). The van der Waals surface area contributed by atoms with Gasteiger partial charge in [-0.1, -0.05) is 42.5 Å². The summed E-state index contributed by atoms with van der Waals surface area (Å²) in [5.41, 5.74) is 2.20. The molecule has 0 atom stereocenters. The highest BCUT2D eigenvalue weighted by molar-refractivity contribution is 7.88. The molecule has 1 aliphatic rings. The van der Waals surface area contributed by atoms with Gasteiger partial charge in [0.2, 0.25) is 0 Å². The van der Waals surface area contributed by atoms with Crippen LogP contribution in [0, 0.1) is 0 Å². The predicted octanol–water partition coefficient (Wildman–Crippen LogP) is 2.48. The number of hydrogen-bond donors (Lipinski definition) is 2. The number of ether oxygens (including phenoxy) is 1. The number of allylic oxidation sites excluding steroid dienone is 1. The standard InChI is InChI=1S/C17H17N3O3S/c1-23-16-10-6-5-9-15(16)18-17-12-14(19-24(21,22)20-17)11-13-7-3-2-4-8-13/h2-10,12,19H,11H2,1H3,(H,18,20). The number of methoxy groups -OCH3 is 1. The fraction of sp³-hybridized carbons (Fsp3) is 0.118. The molecule has 0 bridgehead atoms. The van der Waals surface area contributed by atoms with Gasteiger partial charge in [-0.15, -0.1) is 4.40 Å². The number of rotatable bonds is 4. The summed E-state index contributed by atoms with van der Waals surface area (Å²) in [6.45, 7) is 0. The summed E-state index contributed by atoms with van der Waals surface area (Å²) >= 11 is 0. The molecule has 2 aromatic rings. The lowest BCUT2D eigenvalue weighted by atomic mass is 10.1. The predicted molar refractivity (Wildman–Crippen MR) is 94.3 cm³/mol. The molecule has 24 heavy (non-hydrogen) atoms. The van der Waals surface area contributed by atoms with E-state index in [1.54, 1.807) is 25.3 Å². The van der Waals surface area contributed by atoms with Gasteiger partial charge in [0.25, 0.3) is 0 Å². The number of benzene rings is 2. The monoisotopic (exact) mass is 343 g/mol. The van der Waals surface area contributed by atoms with E-state index >= 15 is 0 Å². The number of para-hydroxylation sites is 2. The first-order valence-corrected chi connectivity index (χ1v) is 8.77. The molecule has 0 aliphatic carbocycles. The average molecular weight is 343 g/mol. The molecule has 1 heterocycles. The van der Waals surface area contributed by atoms with Crippen molar-refractivity contribution in [1.29, 1.82) is 0 Å². The summed E-state index contributed by atoms with van der Waals surface area (Å²) in [6, 6.07) is 16.9. The second-order valence-corrected chi connectivity index (χ2v) is 6.55. The fourth-order valence-corrected chi connectivity index (χ4v) is 3.25. The third kappa shape index (κ3) is 3.94. The lowest BCUT2D eigenvalue weighted by Gasteiger charge is -2.17. The molecule has 2 N–H and O–H groups in total. The van der Waals surface area contributed by atoms with E-state index in [1.165, 1.54) is 0 Å². The van der Waals surface area contributed by atoms with E-state index in [2.05, 4.69) is 14.4 Å². The van der Waals surface area contributed by atoms with Crippen LogP contribution >= 0.6 is 0 Å². The van der Waals surface area contributed by atoms with Crippen LogP contribution in [0.4, 0.5) is 5.69 Å². The summed E-state index contributed by atoms with van der Waals surface area (Å²) in [5, 5.41) is 3.00. The van der Waals surface area contributed by atoms with E-state index in [0.717, 1.165) is 5.56 Å². The van der Waals surface area contributed by atoms with Crippen molar-refractivity contribution in [3.05, 3.63) is 71.9 Å². The van der Waals surface area contributed by atoms with Gasteiger partial charge in [0.15, 0.2) is 0 Å². The van der Waals surface area contributed by atoms with E-state index in [0.29, 0.717) is 23.6 Å². The minimum Gasteiger partial charge on any atom is -0.495 e. The Labute approximate surface area is 141 Å². The Morgan fingerprint density at radius 1 is 1.08 bits per heavy atom. The van der Waals surface area contributed by atoms with Gasteiger partial charge in [0.05, 0.1) is 12.8 Å². The van der Waals surface area contributed by atoms with Crippen molar-refractivity contribution in [3.8, 4) is 5.75 Å². The first kappa shape index (κ1) is 16.1. The molecule has 124 valence electrons. The summed E-state index contributed by atoms with van der Waals surface area (Å²) in [5.74, 6) is 0.846. The minimum absolute atomic E-state index is 0.240. The lowest BCUT2D eigenvalue weighted by molar-refractivity contribution is 0.417. The molecule has 0 saturated heterocycles. The van der Waals surface area contributed by atoms with Gasteiger partial charge in [-0.25, -0.2) is 0 Å². The van der Waals surface area contributed by atoms with Crippen LogP contribution in [-0.4, -0.2) is 21.4 Å². The molecule has 0 unspecified atom stereocenters. The van der Waals surface area contributed by atoms with E-state index in [-0.39, 0.29) is 5.84 Å². The molecule has 2 aromatic carbocycles. The highest BCUT2D eigenvalue weighted by Gasteiger charge is 2.19. The number of anilines is 1. The molecule has 0 spiro atoms. The molecule has 1 aliphatic heterocycles. The van der Waals surface area contributed by atoms with Crippen molar-refractivity contribution >= 4 is 21.7 Å². The van der Waals surface area contributed by atoms with Gasteiger partial charge >= 0.3 is 10.2 Å². The van der Waals surface area contributed by atoms with Crippen molar-refractivity contribution in [1.82, 2.24) is 4.72 Å². The van der Waals surface area contributed by atoms with Crippen LogP contribution in [0.2, 0.25) is 0 Å². The maximum atomic E-state index is 12.0. The Kier molecular flexibility index (Phi) is 4.52. The number of nitrogens with one attached hydrogen (secondary N) is 2. The zero-order valence-electron chi connectivity index (χ0n) is 13.1. The van der Waals surface area contributed by atoms with Crippen molar-refractivity contribution < 1.29 is 13.2 Å². The molecule has 6 nitrogen and oxygen atoms in total. The Hall–Kier alpha value is -2.80. The maximum absolute atomic E-state index is 12.0. The topological polar surface area (TPSA) is 79.8 Å². The van der Waals surface area contributed by atoms with Crippen LogP contribution in [0.1, 0.15) is 5.56 Å². The van der Waals surface area contributed by atoms with Crippen LogP contribution in [0.15, 0.2) is 70.8 Å². The highest BCUT2D eigenvalue weighted by atomic mass is 32.2. The first-order chi connectivity index (χ1) is 11.6. The van der Waals surface area contributed by atoms with E-state index in [4.69, 9.17) is 4.74 Å². The summed E-state index contributed by atoms with van der Waals surface area (Å²) in [7, 11) is -2.22.